The van der Waals surface area contributed by atoms with Gasteiger partial charge >= 0.3 is 5.69 Å². The van der Waals surface area contributed by atoms with Crippen LogP contribution >= 0.6 is 0 Å². The normalized spacial score (nSPS) is 23.5. The van der Waals surface area contributed by atoms with Crippen LogP contribution in [0, 0.1) is 10.1 Å². The van der Waals surface area contributed by atoms with E-state index in [4.69, 9.17) is 4.42 Å². The second kappa shape index (κ2) is 4.06. The fraction of sp³-hybridized carbons (Fsp3) is 0.429. The SMILES string of the molecule is C[C@@H]1c2c(oc3c([N+](=O)[O-])cccc23)[C@@H](C)CN1C. The van der Waals surface area contributed by atoms with E-state index in [-0.39, 0.29) is 22.6 Å². The molecule has 2 atom stereocenters. The minimum absolute atomic E-state index is 0.0500. The summed E-state index contributed by atoms with van der Waals surface area (Å²) >= 11 is 0. The molecule has 1 aliphatic rings. The zero-order valence-corrected chi connectivity index (χ0v) is 11.2. The molecule has 1 aliphatic heterocycles. The summed E-state index contributed by atoms with van der Waals surface area (Å²) in [5.41, 5.74) is 1.56. The Morgan fingerprint density at radius 3 is 2.84 bits per heavy atom. The van der Waals surface area contributed by atoms with Crippen LogP contribution in [0.4, 0.5) is 5.69 Å². The number of nitrogens with zero attached hydrogens (tertiary/aromatic N) is 2. The Labute approximate surface area is 111 Å². The van der Waals surface area contributed by atoms with Crippen molar-refractivity contribution in [3.63, 3.8) is 0 Å². The van der Waals surface area contributed by atoms with Gasteiger partial charge in [-0.3, -0.25) is 15.0 Å². The maximum absolute atomic E-state index is 11.1. The Morgan fingerprint density at radius 2 is 2.16 bits per heavy atom. The van der Waals surface area contributed by atoms with E-state index < -0.39 is 0 Å². The molecule has 3 rings (SSSR count). The Morgan fingerprint density at radius 1 is 1.42 bits per heavy atom. The van der Waals surface area contributed by atoms with E-state index >= 15 is 0 Å². The number of rotatable bonds is 1. The quantitative estimate of drug-likeness (QED) is 0.582. The molecule has 0 saturated carbocycles. The second-order valence-electron chi connectivity index (χ2n) is 5.31. The molecule has 0 unspecified atom stereocenters. The monoisotopic (exact) mass is 260 g/mol. The molecule has 0 fully saturated rings. The van der Waals surface area contributed by atoms with Gasteiger partial charge in [0, 0.05) is 35.5 Å². The van der Waals surface area contributed by atoms with Gasteiger partial charge in [0.2, 0.25) is 5.58 Å². The molecular formula is C14H16N2O3. The highest BCUT2D eigenvalue weighted by Crippen LogP contribution is 2.43. The topological polar surface area (TPSA) is 59.5 Å². The molecular weight excluding hydrogens is 244 g/mol. The number of nitro groups is 1. The number of para-hydroxylation sites is 1. The first kappa shape index (κ1) is 12.2. The summed E-state index contributed by atoms with van der Waals surface area (Å²) in [4.78, 5) is 13.0. The molecule has 0 bridgehead atoms. The molecule has 0 N–H and O–H groups in total. The average molecular weight is 260 g/mol. The van der Waals surface area contributed by atoms with E-state index in [1.54, 1.807) is 6.07 Å². The van der Waals surface area contributed by atoms with Crippen molar-refractivity contribution in [2.24, 2.45) is 0 Å². The molecule has 5 nitrogen and oxygen atoms in total. The fourth-order valence-electron chi connectivity index (χ4n) is 2.98. The van der Waals surface area contributed by atoms with Crippen molar-refractivity contribution in [2.75, 3.05) is 13.6 Å². The van der Waals surface area contributed by atoms with Crippen molar-refractivity contribution in [1.29, 1.82) is 0 Å². The van der Waals surface area contributed by atoms with Crippen molar-refractivity contribution < 1.29 is 9.34 Å². The van der Waals surface area contributed by atoms with E-state index in [1.165, 1.54) is 6.07 Å². The van der Waals surface area contributed by atoms with Gasteiger partial charge in [0.15, 0.2) is 0 Å². The van der Waals surface area contributed by atoms with Crippen LogP contribution in [-0.2, 0) is 0 Å². The van der Waals surface area contributed by atoms with Crippen LogP contribution in [-0.4, -0.2) is 23.4 Å². The summed E-state index contributed by atoms with van der Waals surface area (Å²) < 4.78 is 5.85. The first-order chi connectivity index (χ1) is 9.00. The molecule has 100 valence electrons. The fourth-order valence-corrected chi connectivity index (χ4v) is 2.98. The second-order valence-corrected chi connectivity index (χ2v) is 5.31. The first-order valence-corrected chi connectivity index (χ1v) is 6.40. The average Bonchev–Trinajstić information content (AvgIpc) is 2.75. The van der Waals surface area contributed by atoms with Gasteiger partial charge < -0.3 is 4.42 Å². The lowest BCUT2D eigenvalue weighted by Gasteiger charge is -2.32. The summed E-state index contributed by atoms with van der Waals surface area (Å²) in [6.07, 6.45) is 0. The van der Waals surface area contributed by atoms with Crippen LogP contribution < -0.4 is 0 Å². The van der Waals surface area contributed by atoms with E-state index in [2.05, 4.69) is 25.8 Å². The minimum Gasteiger partial charge on any atom is -0.453 e. The van der Waals surface area contributed by atoms with Gasteiger partial charge in [-0.25, -0.2) is 0 Å². The largest absolute Gasteiger partial charge is 0.453 e. The van der Waals surface area contributed by atoms with Crippen molar-refractivity contribution >= 4 is 16.7 Å². The number of hydrogen-bond acceptors (Lipinski definition) is 4. The molecule has 0 spiro atoms. The lowest BCUT2D eigenvalue weighted by Crippen LogP contribution is -2.31. The smallest absolute Gasteiger partial charge is 0.312 e. The summed E-state index contributed by atoms with van der Waals surface area (Å²) in [6.45, 7) is 5.11. The summed E-state index contributed by atoms with van der Waals surface area (Å²) in [5, 5.41) is 12.0. The molecule has 19 heavy (non-hydrogen) atoms. The Balaban J connectivity index is 2.34. The van der Waals surface area contributed by atoms with Crippen LogP contribution in [0.5, 0.6) is 0 Å². The maximum atomic E-state index is 11.1. The van der Waals surface area contributed by atoms with Crippen LogP contribution in [0.2, 0.25) is 0 Å². The third-order valence-corrected chi connectivity index (χ3v) is 4.05. The Kier molecular flexibility index (Phi) is 2.60. The predicted molar refractivity (Wildman–Crippen MR) is 72.3 cm³/mol. The molecule has 1 aromatic heterocycles. The molecule has 5 heteroatoms. The summed E-state index contributed by atoms with van der Waals surface area (Å²) in [7, 11) is 2.07. The van der Waals surface area contributed by atoms with Crippen LogP contribution in [0.25, 0.3) is 11.0 Å². The van der Waals surface area contributed by atoms with E-state index in [9.17, 15) is 10.1 Å². The number of likely N-dealkylation sites (N-methyl/N-ethyl adjacent to an activating group) is 1. The van der Waals surface area contributed by atoms with E-state index in [1.807, 2.05) is 6.07 Å². The van der Waals surface area contributed by atoms with Crippen molar-refractivity contribution in [3.8, 4) is 0 Å². The lowest BCUT2D eigenvalue weighted by molar-refractivity contribution is -0.383. The first-order valence-electron chi connectivity index (χ1n) is 6.40. The molecule has 2 heterocycles. The highest BCUT2D eigenvalue weighted by Gasteiger charge is 2.33. The number of hydrogen-bond donors (Lipinski definition) is 0. The van der Waals surface area contributed by atoms with Gasteiger partial charge in [0.25, 0.3) is 0 Å². The molecule has 1 aromatic carbocycles. The number of non-ortho nitro benzene ring substituents is 1. The number of furan rings is 1. The summed E-state index contributed by atoms with van der Waals surface area (Å²) in [5.74, 6) is 1.15. The van der Waals surface area contributed by atoms with E-state index in [0.29, 0.717) is 5.58 Å². The van der Waals surface area contributed by atoms with Gasteiger partial charge in [-0.05, 0) is 14.0 Å². The third-order valence-electron chi connectivity index (χ3n) is 4.05. The van der Waals surface area contributed by atoms with Crippen molar-refractivity contribution in [3.05, 3.63) is 39.6 Å². The van der Waals surface area contributed by atoms with Crippen molar-refractivity contribution in [2.45, 2.75) is 25.8 Å². The minimum atomic E-state index is -0.379. The molecule has 0 radical (unpaired) electrons. The Bertz CT molecular complexity index is 662. The number of benzene rings is 1. The van der Waals surface area contributed by atoms with Crippen molar-refractivity contribution in [1.82, 2.24) is 4.90 Å². The van der Waals surface area contributed by atoms with Gasteiger partial charge in [0.1, 0.15) is 5.76 Å². The molecule has 0 amide bonds. The standard InChI is InChI=1S/C14H16N2O3/c1-8-7-15(3)9(2)12-10-5-4-6-11(16(17)18)14(10)19-13(8)12/h4-6,8-9H,7H2,1-3H3/t8-,9+/m0/s1. The maximum Gasteiger partial charge on any atom is 0.312 e. The molecule has 0 saturated heterocycles. The van der Waals surface area contributed by atoms with Gasteiger partial charge in [0.05, 0.1) is 4.92 Å². The van der Waals surface area contributed by atoms with Gasteiger partial charge in [-0.2, -0.15) is 0 Å². The number of nitro benzene ring substituents is 1. The zero-order valence-electron chi connectivity index (χ0n) is 11.2. The lowest BCUT2D eigenvalue weighted by atomic mass is 9.92. The third kappa shape index (κ3) is 1.65. The molecule has 0 aliphatic carbocycles. The number of fused-ring (bicyclic) bond motifs is 3. The van der Waals surface area contributed by atoms with Crippen LogP contribution in [0.3, 0.4) is 0 Å². The predicted octanol–water partition coefficient (Wildman–Crippen LogP) is 3.45. The van der Waals surface area contributed by atoms with Gasteiger partial charge in [-0.1, -0.05) is 19.1 Å². The molecule has 2 aromatic rings. The van der Waals surface area contributed by atoms with E-state index in [0.717, 1.165) is 23.3 Å². The zero-order chi connectivity index (χ0) is 13.7. The van der Waals surface area contributed by atoms with Crippen LogP contribution in [0.1, 0.15) is 37.1 Å². The van der Waals surface area contributed by atoms with Crippen LogP contribution in [0.15, 0.2) is 22.6 Å². The highest BCUT2D eigenvalue weighted by atomic mass is 16.6. The Hall–Kier alpha value is -1.88. The highest BCUT2D eigenvalue weighted by molar-refractivity contribution is 5.90. The summed E-state index contributed by atoms with van der Waals surface area (Å²) in [6, 6.07) is 5.35. The van der Waals surface area contributed by atoms with Gasteiger partial charge in [-0.15, -0.1) is 0 Å².